The summed E-state index contributed by atoms with van der Waals surface area (Å²) in [5.41, 5.74) is 3.38. The van der Waals surface area contributed by atoms with Crippen molar-refractivity contribution >= 4 is 0 Å². The number of benzene rings is 1. The fourth-order valence-electron chi connectivity index (χ4n) is 1.90. The molecule has 0 radical (unpaired) electrons. The van der Waals surface area contributed by atoms with Crippen LogP contribution in [0.4, 0.5) is 0 Å². The van der Waals surface area contributed by atoms with E-state index in [1.165, 1.54) is 18.5 Å². The van der Waals surface area contributed by atoms with Gasteiger partial charge in [0.1, 0.15) is 0 Å². The van der Waals surface area contributed by atoms with Crippen LogP contribution in [0, 0.1) is 6.92 Å². The van der Waals surface area contributed by atoms with Crippen LogP contribution in [0.1, 0.15) is 30.1 Å². The maximum Gasteiger partial charge on any atom is 0.159 e. The fourth-order valence-corrected chi connectivity index (χ4v) is 1.90. The zero-order chi connectivity index (χ0) is 11.0. The van der Waals surface area contributed by atoms with E-state index in [9.17, 15) is 0 Å². The maximum absolute atomic E-state index is 4.65. The molecule has 1 aliphatic rings. The van der Waals surface area contributed by atoms with E-state index < -0.39 is 0 Å². The van der Waals surface area contributed by atoms with Crippen molar-refractivity contribution in [2.75, 3.05) is 0 Å². The Bertz CT molecular complexity index is 501. The molecule has 2 aromatic rings. The van der Waals surface area contributed by atoms with Crippen molar-refractivity contribution in [1.29, 1.82) is 0 Å². The minimum Gasteiger partial charge on any atom is -0.233 e. The lowest BCUT2D eigenvalue weighted by Gasteiger charge is -2.04. The molecule has 16 heavy (non-hydrogen) atoms. The highest BCUT2D eigenvalue weighted by molar-refractivity contribution is 5.55. The smallest absolute Gasteiger partial charge is 0.159 e. The molecule has 80 valence electrons. The van der Waals surface area contributed by atoms with Gasteiger partial charge >= 0.3 is 0 Å². The Hall–Kier alpha value is -1.70. The topological polar surface area (TPSA) is 25.8 Å². The summed E-state index contributed by atoms with van der Waals surface area (Å²) in [7, 11) is 0. The highest BCUT2D eigenvalue weighted by atomic mass is 14.9. The average Bonchev–Trinajstić information content (AvgIpc) is 3.13. The summed E-state index contributed by atoms with van der Waals surface area (Å²) in [6, 6.07) is 12.3. The molecule has 2 nitrogen and oxygen atoms in total. The third-order valence-electron chi connectivity index (χ3n) is 2.90. The van der Waals surface area contributed by atoms with E-state index in [-0.39, 0.29) is 0 Å². The molecule has 0 aliphatic heterocycles. The Kier molecular flexibility index (Phi) is 2.21. The molecule has 1 heterocycles. The summed E-state index contributed by atoms with van der Waals surface area (Å²) < 4.78 is 0. The van der Waals surface area contributed by atoms with Gasteiger partial charge in [-0.15, -0.1) is 0 Å². The molecule has 1 aromatic carbocycles. The molecule has 1 saturated carbocycles. The van der Waals surface area contributed by atoms with Crippen molar-refractivity contribution in [3.8, 4) is 11.4 Å². The molecule has 1 aromatic heterocycles. The Balaban J connectivity index is 2.06. The van der Waals surface area contributed by atoms with Crippen LogP contribution in [0.15, 0.2) is 36.4 Å². The van der Waals surface area contributed by atoms with Gasteiger partial charge in [-0.2, -0.15) is 0 Å². The average molecular weight is 210 g/mol. The van der Waals surface area contributed by atoms with E-state index in [2.05, 4.69) is 28.2 Å². The molecule has 0 bridgehead atoms. The van der Waals surface area contributed by atoms with Crippen molar-refractivity contribution in [3.63, 3.8) is 0 Å². The maximum atomic E-state index is 4.65. The lowest BCUT2D eigenvalue weighted by atomic mass is 10.2. The van der Waals surface area contributed by atoms with Crippen LogP contribution in [0.3, 0.4) is 0 Å². The molecule has 0 saturated heterocycles. The summed E-state index contributed by atoms with van der Waals surface area (Å²) in [5.74, 6) is 1.55. The molecule has 0 atom stereocenters. The number of hydrogen-bond acceptors (Lipinski definition) is 2. The second-order valence-electron chi connectivity index (χ2n) is 4.40. The zero-order valence-corrected chi connectivity index (χ0v) is 9.35. The summed E-state index contributed by atoms with van der Waals surface area (Å²) in [6.45, 7) is 2.04. The summed E-state index contributed by atoms with van der Waals surface area (Å²) >= 11 is 0. The van der Waals surface area contributed by atoms with Crippen molar-refractivity contribution in [1.82, 2.24) is 9.97 Å². The number of aryl methyl sites for hydroxylation is 1. The van der Waals surface area contributed by atoms with E-state index in [0.29, 0.717) is 5.92 Å². The number of rotatable bonds is 2. The summed E-state index contributed by atoms with van der Waals surface area (Å²) in [4.78, 5) is 9.16. The molecule has 1 fully saturated rings. The first-order valence-corrected chi connectivity index (χ1v) is 5.74. The number of aromatic nitrogens is 2. The van der Waals surface area contributed by atoms with Gasteiger partial charge in [0.25, 0.3) is 0 Å². The zero-order valence-electron chi connectivity index (χ0n) is 9.35. The van der Waals surface area contributed by atoms with Crippen LogP contribution >= 0.6 is 0 Å². The molecule has 0 unspecified atom stereocenters. The van der Waals surface area contributed by atoms with Crippen LogP contribution in [0.25, 0.3) is 11.4 Å². The molecular weight excluding hydrogens is 196 g/mol. The highest BCUT2D eigenvalue weighted by Gasteiger charge is 2.25. The SMILES string of the molecule is Cc1cc(C2CC2)nc(-c2ccccc2)n1. The van der Waals surface area contributed by atoms with Gasteiger partial charge in [-0.1, -0.05) is 30.3 Å². The lowest BCUT2D eigenvalue weighted by molar-refractivity contribution is 0.973. The van der Waals surface area contributed by atoms with Crippen LogP contribution in [0.5, 0.6) is 0 Å². The monoisotopic (exact) mass is 210 g/mol. The minimum absolute atomic E-state index is 0.684. The number of nitrogens with zero attached hydrogens (tertiary/aromatic N) is 2. The van der Waals surface area contributed by atoms with E-state index >= 15 is 0 Å². The summed E-state index contributed by atoms with van der Waals surface area (Å²) in [5, 5.41) is 0. The first kappa shape index (κ1) is 9.52. The molecule has 2 heteroatoms. The van der Waals surface area contributed by atoms with Crippen LogP contribution in [0.2, 0.25) is 0 Å². The molecule has 0 spiro atoms. The number of hydrogen-bond donors (Lipinski definition) is 0. The Morgan fingerprint density at radius 2 is 1.81 bits per heavy atom. The normalized spacial score (nSPS) is 15.1. The van der Waals surface area contributed by atoms with Crippen molar-refractivity contribution < 1.29 is 0 Å². The van der Waals surface area contributed by atoms with Crippen LogP contribution < -0.4 is 0 Å². The standard InChI is InChI=1S/C14H14N2/c1-10-9-13(11-7-8-11)16-14(15-10)12-5-3-2-4-6-12/h2-6,9,11H,7-8H2,1H3. The lowest BCUT2D eigenvalue weighted by Crippen LogP contribution is -1.96. The summed E-state index contributed by atoms with van der Waals surface area (Å²) in [6.07, 6.45) is 2.56. The van der Waals surface area contributed by atoms with E-state index in [1.807, 2.05) is 25.1 Å². The van der Waals surface area contributed by atoms with Crippen LogP contribution in [-0.2, 0) is 0 Å². The Labute approximate surface area is 95.4 Å². The quantitative estimate of drug-likeness (QED) is 0.759. The minimum atomic E-state index is 0.684. The predicted molar refractivity (Wildman–Crippen MR) is 64.2 cm³/mol. The van der Waals surface area contributed by atoms with Gasteiger partial charge in [0.2, 0.25) is 0 Å². The van der Waals surface area contributed by atoms with Crippen molar-refractivity contribution in [3.05, 3.63) is 47.8 Å². The second-order valence-corrected chi connectivity index (χ2v) is 4.40. The first-order valence-electron chi connectivity index (χ1n) is 5.74. The van der Waals surface area contributed by atoms with Crippen molar-refractivity contribution in [2.24, 2.45) is 0 Å². The van der Waals surface area contributed by atoms with E-state index in [0.717, 1.165) is 17.1 Å². The first-order chi connectivity index (χ1) is 7.83. The Morgan fingerprint density at radius 3 is 2.50 bits per heavy atom. The van der Waals surface area contributed by atoms with E-state index in [1.54, 1.807) is 0 Å². The second kappa shape index (κ2) is 3.71. The fraction of sp³-hybridized carbons (Fsp3) is 0.286. The molecule has 0 amide bonds. The molecule has 1 aliphatic carbocycles. The van der Waals surface area contributed by atoms with Gasteiger partial charge in [-0.25, -0.2) is 9.97 Å². The van der Waals surface area contributed by atoms with Gasteiger partial charge in [0.05, 0.1) is 0 Å². The Morgan fingerprint density at radius 1 is 1.06 bits per heavy atom. The molecular formula is C14H14N2. The predicted octanol–water partition coefficient (Wildman–Crippen LogP) is 3.33. The van der Waals surface area contributed by atoms with Gasteiger partial charge < -0.3 is 0 Å². The molecule has 0 N–H and O–H groups in total. The third-order valence-corrected chi connectivity index (χ3v) is 2.90. The van der Waals surface area contributed by atoms with Crippen LogP contribution in [-0.4, -0.2) is 9.97 Å². The highest BCUT2D eigenvalue weighted by Crippen LogP contribution is 2.39. The molecule has 3 rings (SSSR count). The largest absolute Gasteiger partial charge is 0.233 e. The van der Waals surface area contributed by atoms with Gasteiger partial charge in [0.15, 0.2) is 5.82 Å². The third kappa shape index (κ3) is 1.83. The van der Waals surface area contributed by atoms with Gasteiger partial charge in [-0.3, -0.25) is 0 Å². The van der Waals surface area contributed by atoms with Gasteiger partial charge in [-0.05, 0) is 25.8 Å². The van der Waals surface area contributed by atoms with E-state index in [4.69, 9.17) is 0 Å². The van der Waals surface area contributed by atoms with Crippen molar-refractivity contribution in [2.45, 2.75) is 25.7 Å². The van der Waals surface area contributed by atoms with Gasteiger partial charge in [0, 0.05) is 22.9 Å².